The maximum atomic E-state index is 9.83. The van der Waals surface area contributed by atoms with Gasteiger partial charge in [-0.25, -0.2) is 0 Å². The van der Waals surface area contributed by atoms with E-state index in [1.807, 2.05) is 13.8 Å². The molecule has 1 aromatic carbocycles. The number of phenols is 2. The Morgan fingerprint density at radius 3 is 2.82 bits per heavy atom. The first-order valence-corrected chi connectivity index (χ1v) is 6.70. The first-order valence-electron chi connectivity index (χ1n) is 5.08. The van der Waals surface area contributed by atoms with Crippen LogP contribution in [0.5, 0.6) is 17.2 Å². The van der Waals surface area contributed by atoms with Crippen LogP contribution >= 0.6 is 0 Å². The third kappa shape index (κ3) is 1.38. The van der Waals surface area contributed by atoms with Crippen molar-refractivity contribution in [1.29, 1.82) is 0 Å². The number of aromatic nitrogens is 2. The van der Waals surface area contributed by atoms with Gasteiger partial charge < -0.3 is 0 Å². The number of ether oxygens (including phenoxy) is 1. The molecule has 2 N–H and O–H groups in total. The molecule has 17 heavy (non-hydrogen) atoms. The van der Waals surface area contributed by atoms with Gasteiger partial charge in [0.25, 0.3) is 0 Å². The number of benzene rings is 1. The molecule has 1 aliphatic heterocycles. The Labute approximate surface area is 104 Å². The molecule has 0 atom stereocenters. The quantitative estimate of drug-likeness (QED) is 0.565. The fourth-order valence-corrected chi connectivity index (χ4v) is 3.39. The molecule has 0 saturated heterocycles. The van der Waals surface area contributed by atoms with Crippen LogP contribution < -0.4 is 4.74 Å². The molecule has 0 radical (unpaired) electrons. The van der Waals surface area contributed by atoms with Crippen LogP contribution in [0.25, 0.3) is 11.3 Å². The first-order chi connectivity index (χ1) is 8.00. The number of aromatic hydroxyl groups is 2. The number of hydrogen-bond acceptors (Lipinski definition) is 5. The van der Waals surface area contributed by atoms with Crippen LogP contribution in [0.2, 0.25) is 0 Å². The molecule has 88 valence electrons. The van der Waals surface area contributed by atoms with Gasteiger partial charge in [0.15, 0.2) is 0 Å². The number of fused-ring (bicyclic) bond motifs is 3. The Bertz CT molecular complexity index is 607. The molecule has 0 spiro atoms. The predicted molar refractivity (Wildman–Crippen MR) is 61.4 cm³/mol. The summed E-state index contributed by atoms with van der Waals surface area (Å²) in [4.78, 5) is 0. The van der Waals surface area contributed by atoms with E-state index in [2.05, 4.69) is 9.19 Å². The molecule has 2 aromatic rings. The molecule has 0 bridgehead atoms. The molecule has 1 aromatic heterocycles. The van der Waals surface area contributed by atoms with E-state index in [-0.39, 0.29) is 32.0 Å². The van der Waals surface area contributed by atoms with Gasteiger partial charge in [-0.15, -0.1) is 0 Å². The Balaban J connectivity index is 2.34. The van der Waals surface area contributed by atoms with E-state index < -0.39 is 5.60 Å². The van der Waals surface area contributed by atoms with E-state index in [0.29, 0.717) is 5.56 Å². The minimum atomic E-state index is -0.545. The second kappa shape index (κ2) is 3.24. The van der Waals surface area contributed by atoms with Crippen LogP contribution in [0.15, 0.2) is 12.1 Å². The van der Waals surface area contributed by atoms with Gasteiger partial charge in [-0.3, -0.25) is 0 Å². The second-order valence-corrected chi connectivity index (χ2v) is 5.96. The van der Waals surface area contributed by atoms with Gasteiger partial charge in [-0.1, -0.05) is 0 Å². The first kappa shape index (κ1) is 10.6. The molecule has 0 amide bonds. The fraction of sp³-hybridized carbons (Fsp3) is 0.273. The Hall–Kier alpha value is -1.52. The normalized spacial score (nSPS) is 15.9. The standard InChI is InChI=1S/C11H10N2O3Se/c1-11(2)10-7(12-13-17-10)5-3-4-6(14)8(15)9(5)16-11/h3-4,14-15H,1-2H3. The zero-order valence-electron chi connectivity index (χ0n) is 9.26. The van der Waals surface area contributed by atoms with Gasteiger partial charge >= 0.3 is 103 Å². The molecule has 5 nitrogen and oxygen atoms in total. The van der Waals surface area contributed by atoms with Gasteiger partial charge in [0, 0.05) is 0 Å². The van der Waals surface area contributed by atoms with Crippen molar-refractivity contribution in [3.8, 4) is 28.5 Å². The number of hydrogen-bond donors (Lipinski definition) is 2. The number of rotatable bonds is 0. The van der Waals surface area contributed by atoms with Crippen LogP contribution in [-0.2, 0) is 5.60 Å². The maximum absolute atomic E-state index is 9.83. The van der Waals surface area contributed by atoms with E-state index in [4.69, 9.17) is 4.74 Å². The van der Waals surface area contributed by atoms with Gasteiger partial charge in [0.1, 0.15) is 0 Å². The summed E-state index contributed by atoms with van der Waals surface area (Å²) in [6.45, 7) is 3.82. The molecule has 0 unspecified atom stereocenters. The molecule has 6 heteroatoms. The summed E-state index contributed by atoms with van der Waals surface area (Å²) in [6.07, 6.45) is 0. The number of phenolic OH excluding ortho intramolecular Hbond substituents is 2. The van der Waals surface area contributed by atoms with Crippen LogP contribution in [0, 0.1) is 0 Å². The monoisotopic (exact) mass is 298 g/mol. The average molecular weight is 297 g/mol. The van der Waals surface area contributed by atoms with Crippen molar-refractivity contribution >= 4 is 14.7 Å². The molecule has 0 saturated carbocycles. The summed E-state index contributed by atoms with van der Waals surface area (Å²) in [5.74, 6) is -0.147. The molecule has 3 rings (SSSR count). The third-order valence-electron chi connectivity index (χ3n) is 2.76. The fourth-order valence-electron chi connectivity index (χ4n) is 1.91. The topological polar surface area (TPSA) is 75.5 Å². The number of nitrogens with zero attached hydrogens (tertiary/aromatic N) is 2. The van der Waals surface area contributed by atoms with Crippen molar-refractivity contribution in [3.05, 3.63) is 16.6 Å². The molecule has 0 fully saturated rings. The second-order valence-electron chi connectivity index (χ2n) is 4.37. The van der Waals surface area contributed by atoms with Crippen molar-refractivity contribution in [2.75, 3.05) is 0 Å². The van der Waals surface area contributed by atoms with Crippen LogP contribution in [0.1, 0.15) is 18.3 Å². The Kier molecular flexibility index (Phi) is 2.03. The van der Waals surface area contributed by atoms with Gasteiger partial charge in [-0.05, 0) is 0 Å². The van der Waals surface area contributed by atoms with E-state index in [1.54, 1.807) is 6.07 Å². The van der Waals surface area contributed by atoms with Crippen molar-refractivity contribution in [2.24, 2.45) is 0 Å². The summed E-state index contributed by atoms with van der Waals surface area (Å²) in [7, 11) is 0. The van der Waals surface area contributed by atoms with E-state index in [1.165, 1.54) is 6.07 Å². The molecular formula is C11H10N2O3Se. The Morgan fingerprint density at radius 1 is 1.29 bits per heavy atom. The van der Waals surface area contributed by atoms with E-state index >= 15 is 0 Å². The Morgan fingerprint density at radius 2 is 2.06 bits per heavy atom. The summed E-state index contributed by atoms with van der Waals surface area (Å²) in [5.41, 5.74) is 0.918. The minimum absolute atomic E-state index is 0.0516. The van der Waals surface area contributed by atoms with Crippen LogP contribution in [-0.4, -0.2) is 34.1 Å². The van der Waals surface area contributed by atoms with Crippen molar-refractivity contribution in [2.45, 2.75) is 19.4 Å². The SMILES string of the molecule is CC1(C)Oc2c(ccc(O)c2O)-c2nn[se]c21. The summed E-state index contributed by atoms with van der Waals surface area (Å²) >= 11 is -0.0516. The summed E-state index contributed by atoms with van der Waals surface area (Å²) in [5, 5.41) is 23.4. The van der Waals surface area contributed by atoms with Crippen molar-refractivity contribution < 1.29 is 14.9 Å². The predicted octanol–water partition coefficient (Wildman–Crippen LogP) is 1.24. The zero-order valence-corrected chi connectivity index (χ0v) is 11.0. The summed E-state index contributed by atoms with van der Waals surface area (Å²) in [6, 6.07) is 3.12. The molecule has 1 aliphatic rings. The van der Waals surface area contributed by atoms with Gasteiger partial charge in [-0.2, -0.15) is 0 Å². The zero-order chi connectivity index (χ0) is 12.2. The van der Waals surface area contributed by atoms with Crippen LogP contribution in [0.3, 0.4) is 0 Å². The molecular weight excluding hydrogens is 287 g/mol. The average Bonchev–Trinajstić information content (AvgIpc) is 2.74. The van der Waals surface area contributed by atoms with Gasteiger partial charge in [0.2, 0.25) is 0 Å². The molecule has 0 aliphatic carbocycles. The van der Waals surface area contributed by atoms with E-state index in [9.17, 15) is 10.2 Å². The van der Waals surface area contributed by atoms with Crippen molar-refractivity contribution in [3.63, 3.8) is 0 Å². The summed E-state index contributed by atoms with van der Waals surface area (Å²) < 4.78 is 10.9. The van der Waals surface area contributed by atoms with E-state index in [0.717, 1.165) is 10.1 Å². The van der Waals surface area contributed by atoms with Crippen molar-refractivity contribution in [1.82, 2.24) is 9.19 Å². The molecule has 2 heterocycles. The van der Waals surface area contributed by atoms with Crippen LogP contribution in [0.4, 0.5) is 0 Å². The third-order valence-corrected chi connectivity index (χ3v) is 4.92. The van der Waals surface area contributed by atoms with Gasteiger partial charge in [0.05, 0.1) is 0 Å².